The first-order valence-electron chi connectivity index (χ1n) is 6.24. The molecule has 98 valence electrons. The van der Waals surface area contributed by atoms with Crippen molar-refractivity contribution in [1.82, 2.24) is 15.2 Å². The first kappa shape index (κ1) is 13.4. The summed E-state index contributed by atoms with van der Waals surface area (Å²) in [6, 6.07) is 0. The highest BCUT2D eigenvalue weighted by Gasteiger charge is 2.11. The van der Waals surface area contributed by atoms with Crippen molar-refractivity contribution in [1.29, 1.82) is 0 Å². The van der Waals surface area contributed by atoms with E-state index in [1.54, 1.807) is 22.7 Å². The summed E-state index contributed by atoms with van der Waals surface area (Å²) in [5.74, 6) is 0.471. The van der Waals surface area contributed by atoms with E-state index >= 15 is 0 Å². The molecule has 0 aromatic carbocycles. The third kappa shape index (κ3) is 3.26. The van der Waals surface area contributed by atoms with E-state index < -0.39 is 0 Å². The molecule has 0 spiro atoms. The number of nitrogens with one attached hydrogen (secondary N) is 1. The lowest BCUT2D eigenvalue weighted by Crippen LogP contribution is -1.99. The second-order valence-corrected chi connectivity index (χ2v) is 6.45. The van der Waals surface area contributed by atoms with Crippen molar-refractivity contribution >= 4 is 27.8 Å². The van der Waals surface area contributed by atoms with Gasteiger partial charge >= 0.3 is 0 Å². The van der Waals surface area contributed by atoms with Gasteiger partial charge in [0.2, 0.25) is 5.13 Å². The molecular formula is C12H18N4S2. The quantitative estimate of drug-likeness (QED) is 0.814. The topological polar surface area (TPSA) is 50.7 Å². The van der Waals surface area contributed by atoms with Gasteiger partial charge in [-0.2, -0.15) is 0 Å². The van der Waals surface area contributed by atoms with Crippen LogP contribution in [0.4, 0.5) is 5.13 Å². The number of anilines is 1. The number of rotatable bonds is 6. The maximum Gasteiger partial charge on any atom is 0.206 e. The van der Waals surface area contributed by atoms with E-state index in [9.17, 15) is 0 Å². The Labute approximate surface area is 116 Å². The molecule has 2 aromatic rings. The van der Waals surface area contributed by atoms with Crippen LogP contribution in [0.1, 0.15) is 44.5 Å². The molecule has 0 aliphatic heterocycles. The largest absolute Gasteiger partial charge is 0.360 e. The molecule has 0 bridgehead atoms. The molecule has 1 N–H and O–H groups in total. The van der Waals surface area contributed by atoms with Crippen molar-refractivity contribution in [2.45, 2.75) is 39.5 Å². The SMILES string of the molecule is CCCCNc1nnc(-c2cnc(C(C)C)s2)s1. The van der Waals surface area contributed by atoms with Crippen LogP contribution in [0.2, 0.25) is 0 Å². The molecule has 0 radical (unpaired) electrons. The molecule has 4 nitrogen and oxygen atoms in total. The van der Waals surface area contributed by atoms with Crippen LogP contribution in [0, 0.1) is 0 Å². The zero-order valence-corrected chi connectivity index (χ0v) is 12.6. The van der Waals surface area contributed by atoms with E-state index in [1.807, 2.05) is 6.20 Å². The molecule has 2 aromatic heterocycles. The minimum atomic E-state index is 0.471. The number of nitrogens with zero attached hydrogens (tertiary/aromatic N) is 3. The van der Waals surface area contributed by atoms with Crippen molar-refractivity contribution in [3.63, 3.8) is 0 Å². The van der Waals surface area contributed by atoms with Gasteiger partial charge < -0.3 is 5.32 Å². The van der Waals surface area contributed by atoms with Gasteiger partial charge in [-0.15, -0.1) is 21.5 Å². The Balaban J connectivity index is 2.04. The monoisotopic (exact) mass is 282 g/mol. The summed E-state index contributed by atoms with van der Waals surface area (Å²) < 4.78 is 0. The Morgan fingerprint density at radius 2 is 2.11 bits per heavy atom. The summed E-state index contributed by atoms with van der Waals surface area (Å²) in [7, 11) is 0. The second-order valence-electron chi connectivity index (χ2n) is 4.41. The fraction of sp³-hybridized carbons (Fsp3) is 0.583. The maximum absolute atomic E-state index is 4.41. The van der Waals surface area contributed by atoms with Crippen molar-refractivity contribution in [2.75, 3.05) is 11.9 Å². The molecule has 0 amide bonds. The Morgan fingerprint density at radius 3 is 2.78 bits per heavy atom. The lowest BCUT2D eigenvalue weighted by molar-refractivity contribution is 0.831. The van der Waals surface area contributed by atoms with Gasteiger partial charge in [0.15, 0.2) is 5.01 Å². The van der Waals surface area contributed by atoms with Crippen LogP contribution in [0.15, 0.2) is 6.20 Å². The van der Waals surface area contributed by atoms with E-state index in [-0.39, 0.29) is 0 Å². The zero-order valence-electron chi connectivity index (χ0n) is 10.9. The molecule has 2 heterocycles. The van der Waals surface area contributed by atoms with Gasteiger partial charge in [0.05, 0.1) is 9.88 Å². The van der Waals surface area contributed by atoms with E-state index in [0.29, 0.717) is 5.92 Å². The van der Waals surface area contributed by atoms with Gasteiger partial charge in [-0.3, -0.25) is 0 Å². The summed E-state index contributed by atoms with van der Waals surface area (Å²) in [4.78, 5) is 5.52. The normalized spacial score (nSPS) is 11.1. The standard InChI is InChI=1S/C12H18N4S2/c1-4-5-6-13-12-16-15-11(18-12)9-7-14-10(17-9)8(2)3/h7-8H,4-6H2,1-3H3,(H,13,16). The van der Waals surface area contributed by atoms with Crippen LogP contribution in [-0.2, 0) is 0 Å². The third-order valence-corrected chi connectivity index (χ3v) is 4.81. The van der Waals surface area contributed by atoms with Gasteiger partial charge in [-0.05, 0) is 6.42 Å². The van der Waals surface area contributed by atoms with E-state index in [0.717, 1.165) is 33.0 Å². The summed E-state index contributed by atoms with van der Waals surface area (Å²) in [6.45, 7) is 7.45. The van der Waals surface area contributed by atoms with Crippen molar-refractivity contribution in [3.8, 4) is 9.88 Å². The molecule has 6 heteroatoms. The summed E-state index contributed by atoms with van der Waals surface area (Å²) in [5.41, 5.74) is 0. The molecule has 0 aliphatic rings. The summed E-state index contributed by atoms with van der Waals surface area (Å²) in [6.07, 6.45) is 4.24. The molecule has 0 aliphatic carbocycles. The van der Waals surface area contributed by atoms with E-state index in [1.165, 1.54) is 6.42 Å². The highest BCUT2D eigenvalue weighted by molar-refractivity contribution is 7.23. The fourth-order valence-corrected chi connectivity index (χ4v) is 3.14. The van der Waals surface area contributed by atoms with Crippen LogP contribution in [0.25, 0.3) is 9.88 Å². The molecule has 0 saturated heterocycles. The smallest absolute Gasteiger partial charge is 0.206 e. The average Bonchev–Trinajstić information content (AvgIpc) is 2.97. The minimum absolute atomic E-state index is 0.471. The molecule has 2 rings (SSSR count). The Hall–Kier alpha value is -1.01. The Bertz CT molecular complexity index is 490. The molecule has 0 fully saturated rings. The molecule has 0 atom stereocenters. The predicted molar refractivity (Wildman–Crippen MR) is 78.5 cm³/mol. The Morgan fingerprint density at radius 1 is 1.28 bits per heavy atom. The van der Waals surface area contributed by atoms with Gasteiger partial charge in [-0.25, -0.2) is 4.98 Å². The minimum Gasteiger partial charge on any atom is -0.360 e. The average molecular weight is 282 g/mol. The predicted octanol–water partition coefficient (Wildman–Crippen LogP) is 4.00. The molecule has 18 heavy (non-hydrogen) atoms. The van der Waals surface area contributed by atoms with Crippen molar-refractivity contribution in [2.24, 2.45) is 0 Å². The highest BCUT2D eigenvalue weighted by Crippen LogP contribution is 2.32. The first-order valence-corrected chi connectivity index (χ1v) is 7.87. The zero-order chi connectivity index (χ0) is 13.0. The van der Waals surface area contributed by atoms with Gasteiger partial charge in [0, 0.05) is 18.7 Å². The summed E-state index contributed by atoms with van der Waals surface area (Å²) in [5, 5.41) is 14.7. The third-order valence-electron chi connectivity index (χ3n) is 2.46. The number of hydrogen-bond donors (Lipinski definition) is 1. The van der Waals surface area contributed by atoms with E-state index in [2.05, 4.69) is 41.3 Å². The number of aromatic nitrogens is 3. The first-order chi connectivity index (χ1) is 8.70. The molecule has 0 saturated carbocycles. The van der Waals surface area contributed by atoms with E-state index in [4.69, 9.17) is 0 Å². The molecular weight excluding hydrogens is 264 g/mol. The second kappa shape index (κ2) is 6.24. The van der Waals surface area contributed by atoms with Gasteiger partial charge in [0.25, 0.3) is 0 Å². The van der Waals surface area contributed by atoms with Gasteiger partial charge in [0.1, 0.15) is 0 Å². The van der Waals surface area contributed by atoms with Crippen LogP contribution in [-0.4, -0.2) is 21.7 Å². The lowest BCUT2D eigenvalue weighted by atomic mass is 10.2. The van der Waals surface area contributed by atoms with Crippen LogP contribution < -0.4 is 5.32 Å². The molecule has 0 unspecified atom stereocenters. The fourth-order valence-electron chi connectivity index (χ4n) is 1.42. The lowest BCUT2D eigenvalue weighted by Gasteiger charge is -1.97. The van der Waals surface area contributed by atoms with Crippen molar-refractivity contribution < 1.29 is 0 Å². The maximum atomic E-state index is 4.41. The number of hydrogen-bond acceptors (Lipinski definition) is 6. The highest BCUT2D eigenvalue weighted by atomic mass is 32.1. The van der Waals surface area contributed by atoms with Crippen LogP contribution in [0.3, 0.4) is 0 Å². The van der Waals surface area contributed by atoms with Crippen LogP contribution >= 0.6 is 22.7 Å². The summed E-state index contributed by atoms with van der Waals surface area (Å²) >= 11 is 3.30. The Kier molecular flexibility index (Phi) is 4.66. The number of unbranched alkanes of at least 4 members (excludes halogenated alkanes) is 1. The van der Waals surface area contributed by atoms with Gasteiger partial charge in [-0.1, -0.05) is 38.5 Å². The van der Waals surface area contributed by atoms with Crippen molar-refractivity contribution in [3.05, 3.63) is 11.2 Å². The van der Waals surface area contributed by atoms with Crippen LogP contribution in [0.5, 0.6) is 0 Å². The number of thiazole rings is 1.